The Labute approximate surface area is 225 Å². The van der Waals surface area contributed by atoms with Crippen LogP contribution < -0.4 is 10.5 Å². The molecule has 2 aliphatic heterocycles. The van der Waals surface area contributed by atoms with Gasteiger partial charge in [-0.05, 0) is 45.9 Å². The van der Waals surface area contributed by atoms with Gasteiger partial charge < -0.3 is 9.64 Å². The lowest BCUT2D eigenvalue weighted by molar-refractivity contribution is -0.0455. The van der Waals surface area contributed by atoms with Crippen LogP contribution in [0.4, 0.5) is 10.2 Å². The van der Waals surface area contributed by atoms with Gasteiger partial charge in [0, 0.05) is 61.1 Å². The topological polar surface area (TPSA) is 100 Å². The monoisotopic (exact) mass is 564 g/mol. The maximum absolute atomic E-state index is 15.0. The fraction of sp³-hybridized carbons (Fsp3) is 0.480. The van der Waals surface area contributed by atoms with Crippen LogP contribution in [-0.4, -0.2) is 82.9 Å². The Morgan fingerprint density at radius 3 is 2.32 bits per heavy atom. The first-order valence-corrected chi connectivity index (χ1v) is 14.2. The fourth-order valence-electron chi connectivity index (χ4n) is 4.97. The number of morpholine rings is 1. The molecule has 2 saturated heterocycles. The van der Waals surface area contributed by atoms with Gasteiger partial charge in [-0.1, -0.05) is 11.6 Å². The molecular weight excluding hydrogens is 535 g/mol. The van der Waals surface area contributed by atoms with Gasteiger partial charge in [0.25, 0.3) is 15.8 Å². The van der Waals surface area contributed by atoms with Gasteiger partial charge in [0.2, 0.25) is 0 Å². The highest BCUT2D eigenvalue weighted by atomic mass is 35.5. The normalized spacial score (nSPS) is 21.8. The third-order valence-electron chi connectivity index (χ3n) is 7.05. The van der Waals surface area contributed by atoms with Crippen LogP contribution in [-0.2, 0) is 14.9 Å². The molecule has 0 saturated carbocycles. The van der Waals surface area contributed by atoms with E-state index in [1.807, 2.05) is 18.7 Å². The van der Waals surface area contributed by atoms with Crippen LogP contribution in [0.3, 0.4) is 0 Å². The van der Waals surface area contributed by atoms with E-state index in [1.165, 1.54) is 25.1 Å². The van der Waals surface area contributed by atoms with Gasteiger partial charge in [-0.3, -0.25) is 9.20 Å². The van der Waals surface area contributed by atoms with Crippen molar-refractivity contribution < 1.29 is 17.5 Å². The molecule has 2 fully saturated rings. The van der Waals surface area contributed by atoms with Crippen molar-refractivity contribution in [1.82, 2.24) is 23.0 Å². The smallest absolute Gasteiger partial charge is 0.282 e. The van der Waals surface area contributed by atoms with Crippen molar-refractivity contribution >= 4 is 33.3 Å². The highest BCUT2D eigenvalue weighted by Crippen LogP contribution is 2.29. The van der Waals surface area contributed by atoms with Crippen LogP contribution in [0.1, 0.15) is 25.1 Å². The minimum atomic E-state index is -3.66. The summed E-state index contributed by atoms with van der Waals surface area (Å²) in [6, 6.07) is 4.26. The number of piperazine rings is 1. The SMILES string of the molecule is Cc1nc2c(-c3ccc(Cl)cc3F)nc(N3CCN(S(=O)(=O)N4C[C@@H](C)O[C@@H](C)C4)CC3)cn2c(=O)c1C. The van der Waals surface area contributed by atoms with Crippen LogP contribution in [0.15, 0.2) is 29.2 Å². The number of ether oxygens (including phenoxy) is 1. The number of anilines is 1. The van der Waals surface area contributed by atoms with Gasteiger partial charge in [0.15, 0.2) is 5.65 Å². The Morgan fingerprint density at radius 2 is 1.68 bits per heavy atom. The molecule has 10 nitrogen and oxygen atoms in total. The fourth-order valence-corrected chi connectivity index (χ4v) is 6.88. The van der Waals surface area contributed by atoms with Gasteiger partial charge in [-0.2, -0.15) is 17.0 Å². The maximum Gasteiger partial charge on any atom is 0.282 e. The summed E-state index contributed by atoms with van der Waals surface area (Å²) >= 11 is 5.97. The lowest BCUT2D eigenvalue weighted by atomic mass is 10.1. The largest absolute Gasteiger partial charge is 0.373 e. The van der Waals surface area contributed by atoms with Crippen molar-refractivity contribution in [2.24, 2.45) is 0 Å². The number of benzene rings is 1. The van der Waals surface area contributed by atoms with Crippen molar-refractivity contribution in [2.45, 2.75) is 39.9 Å². The van der Waals surface area contributed by atoms with E-state index in [-0.39, 0.29) is 52.8 Å². The maximum atomic E-state index is 15.0. The first-order chi connectivity index (χ1) is 18.0. The molecule has 13 heteroatoms. The first-order valence-electron chi connectivity index (χ1n) is 12.5. The Balaban J connectivity index is 1.49. The van der Waals surface area contributed by atoms with Crippen molar-refractivity contribution in [3.05, 3.63) is 56.8 Å². The van der Waals surface area contributed by atoms with E-state index in [9.17, 15) is 17.6 Å². The number of fused-ring (bicyclic) bond motifs is 1. The number of aromatic nitrogens is 3. The lowest BCUT2D eigenvalue weighted by Crippen LogP contribution is -2.57. The zero-order valence-corrected chi connectivity index (χ0v) is 23.3. The molecule has 0 aliphatic carbocycles. The molecule has 0 N–H and O–H groups in total. The molecule has 0 amide bonds. The molecule has 0 radical (unpaired) electrons. The van der Waals surface area contributed by atoms with E-state index < -0.39 is 16.0 Å². The molecule has 5 rings (SSSR count). The average Bonchev–Trinajstić information content (AvgIpc) is 2.87. The second-order valence-corrected chi connectivity index (χ2v) is 12.2. The summed E-state index contributed by atoms with van der Waals surface area (Å²) < 4.78 is 51.7. The highest BCUT2D eigenvalue weighted by molar-refractivity contribution is 7.86. The van der Waals surface area contributed by atoms with Crippen molar-refractivity contribution in [3.8, 4) is 11.3 Å². The standard InChI is InChI=1S/C25H30ClFN6O4S/c1-15-12-32(13-16(2)37-15)38(35,36)31-9-7-30(8-10-31)22-14-33-24(28-18(4)17(3)25(33)34)23(29-22)20-6-5-19(26)11-21(20)27/h5-6,11,14-16H,7-10,12-13H2,1-4H3/t15-,16+. The van der Waals surface area contributed by atoms with Crippen molar-refractivity contribution in [3.63, 3.8) is 0 Å². The third kappa shape index (κ3) is 4.91. The number of aryl methyl sites for hydroxylation is 1. The van der Waals surface area contributed by atoms with E-state index in [2.05, 4.69) is 4.98 Å². The summed E-state index contributed by atoms with van der Waals surface area (Å²) in [7, 11) is -3.66. The van der Waals surface area contributed by atoms with Gasteiger partial charge in [-0.15, -0.1) is 0 Å². The summed E-state index contributed by atoms with van der Waals surface area (Å²) in [6.45, 7) is 8.95. The lowest BCUT2D eigenvalue weighted by Gasteiger charge is -2.40. The van der Waals surface area contributed by atoms with Gasteiger partial charge >= 0.3 is 0 Å². The Hall–Kier alpha value is -2.64. The summed E-state index contributed by atoms with van der Waals surface area (Å²) in [6.07, 6.45) is 1.23. The number of nitrogens with zero attached hydrogens (tertiary/aromatic N) is 6. The van der Waals surface area contributed by atoms with E-state index >= 15 is 0 Å². The molecule has 2 atom stereocenters. The first kappa shape index (κ1) is 26.9. The molecule has 3 aromatic rings. The molecule has 38 heavy (non-hydrogen) atoms. The molecular formula is C25H30ClFN6O4S. The zero-order valence-electron chi connectivity index (χ0n) is 21.7. The van der Waals surface area contributed by atoms with E-state index in [4.69, 9.17) is 21.3 Å². The minimum Gasteiger partial charge on any atom is -0.373 e. The molecule has 0 bridgehead atoms. The third-order valence-corrected chi connectivity index (χ3v) is 9.26. The number of hydrogen-bond acceptors (Lipinski definition) is 7. The zero-order chi connectivity index (χ0) is 27.4. The van der Waals surface area contributed by atoms with Crippen LogP contribution >= 0.6 is 11.6 Å². The molecule has 2 aromatic heterocycles. The molecule has 0 spiro atoms. The summed E-state index contributed by atoms with van der Waals surface area (Å²) in [5, 5.41) is 0.241. The predicted octanol–water partition coefficient (Wildman–Crippen LogP) is 2.64. The van der Waals surface area contributed by atoms with Crippen LogP contribution in [0.2, 0.25) is 5.02 Å². The van der Waals surface area contributed by atoms with Gasteiger partial charge in [-0.25, -0.2) is 14.4 Å². The molecule has 4 heterocycles. The van der Waals surface area contributed by atoms with Gasteiger partial charge in [0.1, 0.15) is 17.3 Å². The highest BCUT2D eigenvalue weighted by Gasteiger charge is 2.37. The Bertz CT molecular complexity index is 1550. The quantitative estimate of drug-likeness (QED) is 0.480. The number of hydrogen-bond donors (Lipinski definition) is 0. The number of rotatable bonds is 4. The van der Waals surface area contributed by atoms with E-state index in [0.29, 0.717) is 43.3 Å². The number of halogens is 2. The summed E-state index contributed by atoms with van der Waals surface area (Å²) in [5.41, 5.74) is 1.35. The van der Waals surface area contributed by atoms with Crippen molar-refractivity contribution in [2.75, 3.05) is 44.2 Å². The van der Waals surface area contributed by atoms with E-state index in [0.717, 1.165) is 0 Å². The van der Waals surface area contributed by atoms with Crippen LogP contribution in [0, 0.1) is 19.7 Å². The summed E-state index contributed by atoms with van der Waals surface area (Å²) in [4.78, 5) is 24.3. The average molecular weight is 565 g/mol. The second kappa shape index (κ2) is 10.2. The molecule has 204 valence electrons. The van der Waals surface area contributed by atoms with Gasteiger partial charge in [0.05, 0.1) is 18.4 Å². The molecule has 0 unspecified atom stereocenters. The van der Waals surface area contributed by atoms with Crippen molar-refractivity contribution in [1.29, 1.82) is 0 Å². The Kier molecular flexibility index (Phi) is 7.20. The predicted molar refractivity (Wildman–Crippen MR) is 143 cm³/mol. The molecule has 1 aromatic carbocycles. The second-order valence-electron chi connectivity index (χ2n) is 9.86. The van der Waals surface area contributed by atoms with Crippen LogP contribution in [0.25, 0.3) is 16.9 Å². The minimum absolute atomic E-state index is 0.167. The molecule has 2 aliphatic rings. The Morgan fingerprint density at radius 1 is 1.03 bits per heavy atom. The van der Waals surface area contributed by atoms with E-state index in [1.54, 1.807) is 26.1 Å². The summed E-state index contributed by atoms with van der Waals surface area (Å²) in [5.74, 6) is -0.152. The van der Waals surface area contributed by atoms with Crippen LogP contribution in [0.5, 0.6) is 0 Å².